The number of carbonyl (C=O) groups excluding carboxylic acids is 1. The van der Waals surface area contributed by atoms with Crippen molar-refractivity contribution < 1.29 is 23.6 Å². The Labute approximate surface area is 183 Å². The third kappa shape index (κ3) is 3.80. The summed E-state index contributed by atoms with van der Waals surface area (Å²) in [5, 5.41) is 17.2. The van der Waals surface area contributed by atoms with Crippen LogP contribution in [0.15, 0.2) is 65.3 Å². The number of halogens is 1. The van der Waals surface area contributed by atoms with Crippen LogP contribution in [-0.2, 0) is 0 Å². The Bertz CT molecular complexity index is 1200. The predicted octanol–water partition coefficient (Wildman–Crippen LogP) is 4.27. The van der Waals surface area contributed by atoms with Gasteiger partial charge < -0.3 is 19.7 Å². The zero-order valence-electron chi connectivity index (χ0n) is 17.5. The number of hydrogen-bond donors (Lipinski definition) is 2. The molecule has 1 aliphatic heterocycles. The van der Waals surface area contributed by atoms with Gasteiger partial charge in [0.05, 0.1) is 18.7 Å². The normalized spacial score (nSPS) is 16.2. The maximum absolute atomic E-state index is 13.3. The maximum Gasteiger partial charge on any atom is 0.322 e. The Morgan fingerprint density at radius 3 is 2.72 bits per heavy atom. The molecule has 2 heterocycles. The summed E-state index contributed by atoms with van der Waals surface area (Å²) in [7, 11) is 1.45. The lowest BCUT2D eigenvalue weighted by molar-refractivity contribution is 0.209. The number of amides is 2. The largest absolute Gasteiger partial charge is 0.504 e. The summed E-state index contributed by atoms with van der Waals surface area (Å²) in [5.74, 6) is 0.343. The first-order valence-corrected chi connectivity index (χ1v) is 9.79. The zero-order chi connectivity index (χ0) is 22.8. The molecule has 32 heavy (non-hydrogen) atoms. The van der Waals surface area contributed by atoms with Gasteiger partial charge in [0.25, 0.3) is 5.89 Å². The highest BCUT2D eigenvalue weighted by atomic mass is 19.1. The molecular formula is C23H21FN4O4. The molecule has 0 spiro atoms. The number of nitrogens with zero attached hydrogens (tertiary/aromatic N) is 3. The fraction of sp³-hybridized carbons (Fsp3) is 0.174. The number of benzene rings is 2. The number of ether oxygens (including phenoxy) is 1. The summed E-state index contributed by atoms with van der Waals surface area (Å²) in [6.45, 7) is 5.76. The lowest BCUT2D eigenvalue weighted by atomic mass is 9.94. The quantitative estimate of drug-likeness (QED) is 0.560. The number of allylic oxidation sites excluding steroid dienone is 1. The van der Waals surface area contributed by atoms with Gasteiger partial charge in [-0.15, -0.1) is 6.58 Å². The number of rotatable bonds is 6. The first-order chi connectivity index (χ1) is 15.4. The molecule has 2 amide bonds. The molecule has 4 rings (SSSR count). The molecule has 9 heteroatoms. The average molecular weight is 436 g/mol. The summed E-state index contributed by atoms with van der Waals surface area (Å²) in [5.41, 5.74) is 2.35. The topological polar surface area (TPSA) is 101 Å². The van der Waals surface area contributed by atoms with Crippen molar-refractivity contribution in [2.24, 2.45) is 0 Å². The molecule has 1 atom stereocenters. The molecule has 0 saturated carbocycles. The Morgan fingerprint density at radius 2 is 2.06 bits per heavy atom. The first-order valence-electron chi connectivity index (χ1n) is 9.79. The van der Waals surface area contributed by atoms with Gasteiger partial charge in [-0.05, 0) is 48.9 Å². The van der Waals surface area contributed by atoms with E-state index in [1.54, 1.807) is 37.3 Å². The van der Waals surface area contributed by atoms with Gasteiger partial charge >= 0.3 is 6.03 Å². The van der Waals surface area contributed by atoms with Crippen molar-refractivity contribution in [3.63, 3.8) is 0 Å². The number of methoxy groups -OCH3 is 1. The van der Waals surface area contributed by atoms with E-state index < -0.39 is 6.04 Å². The Morgan fingerprint density at radius 1 is 1.31 bits per heavy atom. The van der Waals surface area contributed by atoms with E-state index in [1.807, 2.05) is 0 Å². The van der Waals surface area contributed by atoms with E-state index >= 15 is 0 Å². The minimum atomic E-state index is -0.665. The van der Waals surface area contributed by atoms with Crippen molar-refractivity contribution in [2.45, 2.75) is 13.0 Å². The van der Waals surface area contributed by atoms with Gasteiger partial charge in [-0.25, -0.2) is 9.18 Å². The molecule has 3 aromatic rings. The average Bonchev–Trinajstić information content (AvgIpc) is 3.26. The molecule has 164 valence electrons. The second-order valence-electron chi connectivity index (χ2n) is 7.14. The van der Waals surface area contributed by atoms with Crippen LogP contribution in [0.4, 0.5) is 9.18 Å². The third-order valence-electron chi connectivity index (χ3n) is 5.20. The molecule has 1 aliphatic rings. The van der Waals surface area contributed by atoms with Crippen molar-refractivity contribution in [1.82, 2.24) is 20.4 Å². The predicted molar refractivity (Wildman–Crippen MR) is 115 cm³/mol. The number of phenolic OH excluding ortho intramolecular Hbond substituents is 1. The SMILES string of the molecule is C=CCN1C(=O)NC(c2ccc(OC)c(O)c2)C(c2nc(-c3ccc(F)cc3)no2)=C1C. The van der Waals surface area contributed by atoms with E-state index in [2.05, 4.69) is 22.0 Å². The minimum Gasteiger partial charge on any atom is -0.504 e. The lowest BCUT2D eigenvalue weighted by Crippen LogP contribution is -2.46. The van der Waals surface area contributed by atoms with E-state index in [-0.39, 0.29) is 35.9 Å². The van der Waals surface area contributed by atoms with Gasteiger partial charge in [-0.3, -0.25) is 4.90 Å². The van der Waals surface area contributed by atoms with E-state index in [0.717, 1.165) is 0 Å². The van der Waals surface area contributed by atoms with Crippen LogP contribution < -0.4 is 10.1 Å². The van der Waals surface area contributed by atoms with Crippen LogP contribution in [0.1, 0.15) is 24.4 Å². The highest BCUT2D eigenvalue weighted by molar-refractivity contribution is 5.87. The van der Waals surface area contributed by atoms with Crippen LogP contribution in [0.5, 0.6) is 11.5 Å². The number of hydrogen-bond acceptors (Lipinski definition) is 6. The highest BCUT2D eigenvalue weighted by Gasteiger charge is 2.35. The smallest absolute Gasteiger partial charge is 0.322 e. The van der Waals surface area contributed by atoms with Crippen LogP contribution in [0.25, 0.3) is 17.0 Å². The van der Waals surface area contributed by atoms with Crippen LogP contribution in [0, 0.1) is 5.82 Å². The second kappa shape index (κ2) is 8.54. The highest BCUT2D eigenvalue weighted by Crippen LogP contribution is 2.39. The maximum atomic E-state index is 13.3. The van der Waals surface area contributed by atoms with Gasteiger partial charge in [0.2, 0.25) is 5.82 Å². The Kier molecular flexibility index (Phi) is 5.63. The monoisotopic (exact) mass is 436 g/mol. The summed E-state index contributed by atoms with van der Waals surface area (Å²) in [4.78, 5) is 18.8. The number of aromatic hydroxyl groups is 1. The summed E-state index contributed by atoms with van der Waals surface area (Å²) < 4.78 is 23.9. The molecule has 2 aromatic carbocycles. The molecule has 2 N–H and O–H groups in total. The molecule has 8 nitrogen and oxygen atoms in total. The molecule has 0 radical (unpaired) electrons. The number of urea groups is 1. The zero-order valence-corrected chi connectivity index (χ0v) is 17.5. The van der Waals surface area contributed by atoms with Crippen molar-refractivity contribution in [2.75, 3.05) is 13.7 Å². The lowest BCUT2D eigenvalue weighted by Gasteiger charge is -2.34. The molecular weight excluding hydrogens is 415 g/mol. The van der Waals surface area contributed by atoms with Crippen LogP contribution >= 0.6 is 0 Å². The summed E-state index contributed by atoms with van der Waals surface area (Å²) >= 11 is 0. The van der Waals surface area contributed by atoms with E-state index in [4.69, 9.17) is 9.26 Å². The number of phenols is 1. The molecule has 0 bridgehead atoms. The number of aromatic nitrogens is 2. The molecule has 0 aliphatic carbocycles. The molecule has 0 fully saturated rings. The van der Waals surface area contributed by atoms with E-state index in [1.165, 1.54) is 30.2 Å². The van der Waals surface area contributed by atoms with Crippen LogP contribution in [-0.4, -0.2) is 39.8 Å². The fourth-order valence-corrected chi connectivity index (χ4v) is 3.59. The second-order valence-corrected chi connectivity index (χ2v) is 7.14. The third-order valence-corrected chi connectivity index (χ3v) is 5.20. The van der Waals surface area contributed by atoms with Gasteiger partial charge in [0.1, 0.15) is 5.82 Å². The summed E-state index contributed by atoms with van der Waals surface area (Å²) in [6.07, 6.45) is 1.61. The standard InChI is InChI=1S/C23H21FN4O4/c1-4-11-28-13(2)19(22-26-21(27-32-22)14-5-8-16(24)9-6-14)20(25-23(28)30)15-7-10-18(31-3)17(29)12-15/h4-10,12,20,29H,1,11H2,2-3H3,(H,25,30). The fourth-order valence-electron chi connectivity index (χ4n) is 3.59. The number of carbonyl (C=O) groups is 1. The van der Waals surface area contributed by atoms with Crippen molar-refractivity contribution in [3.8, 4) is 22.9 Å². The van der Waals surface area contributed by atoms with Crippen molar-refractivity contribution >= 4 is 11.6 Å². The van der Waals surface area contributed by atoms with Gasteiger partial charge in [-0.2, -0.15) is 4.98 Å². The summed E-state index contributed by atoms with van der Waals surface area (Å²) in [6, 6.07) is 9.59. The van der Waals surface area contributed by atoms with Crippen LogP contribution in [0.2, 0.25) is 0 Å². The first kappa shape index (κ1) is 21.1. The minimum absolute atomic E-state index is 0.0673. The van der Waals surface area contributed by atoms with Gasteiger partial charge in [0, 0.05) is 17.8 Å². The molecule has 1 aromatic heterocycles. The van der Waals surface area contributed by atoms with Crippen molar-refractivity contribution in [1.29, 1.82) is 0 Å². The van der Waals surface area contributed by atoms with E-state index in [0.29, 0.717) is 28.1 Å². The molecule has 0 saturated heterocycles. The number of nitrogens with one attached hydrogen (secondary N) is 1. The van der Waals surface area contributed by atoms with E-state index in [9.17, 15) is 14.3 Å². The van der Waals surface area contributed by atoms with Crippen molar-refractivity contribution in [3.05, 3.63) is 78.1 Å². The Hall–Kier alpha value is -4.14. The van der Waals surface area contributed by atoms with Gasteiger partial charge in [-0.1, -0.05) is 17.3 Å². The molecule has 1 unspecified atom stereocenters. The van der Waals surface area contributed by atoms with Crippen LogP contribution in [0.3, 0.4) is 0 Å². The Balaban J connectivity index is 1.82. The van der Waals surface area contributed by atoms with Gasteiger partial charge in [0.15, 0.2) is 11.5 Å².